The molecule has 0 saturated heterocycles. The Labute approximate surface area is 95.2 Å². The molecular formula is C14H14O2. The molecule has 1 aliphatic rings. The average Bonchev–Trinajstić information content (AvgIpc) is 2.38. The molecule has 82 valence electrons. The van der Waals surface area contributed by atoms with E-state index in [-0.39, 0.29) is 11.9 Å². The molecule has 2 heteroatoms. The van der Waals surface area contributed by atoms with Crippen molar-refractivity contribution in [3.63, 3.8) is 0 Å². The third-order valence-corrected chi connectivity index (χ3v) is 2.51. The van der Waals surface area contributed by atoms with Gasteiger partial charge >= 0.3 is 5.97 Å². The first-order chi connectivity index (χ1) is 7.86. The van der Waals surface area contributed by atoms with Gasteiger partial charge < -0.3 is 4.74 Å². The van der Waals surface area contributed by atoms with Crippen LogP contribution in [-0.4, -0.2) is 5.97 Å². The highest BCUT2D eigenvalue weighted by molar-refractivity contribution is 5.75. The van der Waals surface area contributed by atoms with Gasteiger partial charge in [0.05, 0.1) is 5.92 Å². The molecular weight excluding hydrogens is 200 g/mol. The van der Waals surface area contributed by atoms with Gasteiger partial charge in [-0.05, 0) is 12.0 Å². The molecule has 1 unspecified atom stereocenters. The molecule has 0 N–H and O–H groups in total. The number of hydrogen-bond acceptors (Lipinski definition) is 2. The summed E-state index contributed by atoms with van der Waals surface area (Å²) in [5.41, 5.74) is 1.02. The van der Waals surface area contributed by atoms with Crippen LogP contribution in [0.1, 0.15) is 12.0 Å². The van der Waals surface area contributed by atoms with Gasteiger partial charge in [-0.25, -0.2) is 0 Å². The van der Waals surface area contributed by atoms with Crippen LogP contribution in [0, 0.1) is 5.92 Å². The molecule has 0 aliphatic heterocycles. The van der Waals surface area contributed by atoms with Crippen LogP contribution in [0.4, 0.5) is 0 Å². The van der Waals surface area contributed by atoms with E-state index in [0.29, 0.717) is 6.61 Å². The number of allylic oxidation sites excluding steroid dienone is 3. The van der Waals surface area contributed by atoms with Gasteiger partial charge in [0.1, 0.15) is 6.61 Å². The molecule has 16 heavy (non-hydrogen) atoms. The van der Waals surface area contributed by atoms with Crippen LogP contribution in [0.25, 0.3) is 0 Å². The largest absolute Gasteiger partial charge is 0.460 e. The van der Waals surface area contributed by atoms with Crippen molar-refractivity contribution in [3.05, 3.63) is 60.2 Å². The number of hydrogen-bond donors (Lipinski definition) is 0. The first-order valence-electron chi connectivity index (χ1n) is 5.40. The predicted molar refractivity (Wildman–Crippen MR) is 62.6 cm³/mol. The number of carbonyl (C=O) groups excluding carboxylic acids is 1. The lowest BCUT2D eigenvalue weighted by Gasteiger charge is -2.12. The van der Waals surface area contributed by atoms with Crippen molar-refractivity contribution < 1.29 is 9.53 Å². The first-order valence-corrected chi connectivity index (χ1v) is 5.40. The second kappa shape index (κ2) is 5.31. The number of esters is 1. The van der Waals surface area contributed by atoms with Crippen molar-refractivity contribution in [1.29, 1.82) is 0 Å². The SMILES string of the molecule is O=C(OCc1ccccc1)C1C=CC=CC1. The smallest absolute Gasteiger partial charge is 0.313 e. The van der Waals surface area contributed by atoms with Crippen LogP contribution in [-0.2, 0) is 16.1 Å². The van der Waals surface area contributed by atoms with E-state index >= 15 is 0 Å². The van der Waals surface area contributed by atoms with E-state index in [0.717, 1.165) is 12.0 Å². The summed E-state index contributed by atoms with van der Waals surface area (Å²) in [6.07, 6.45) is 8.44. The highest BCUT2D eigenvalue weighted by Gasteiger charge is 2.16. The number of ether oxygens (including phenoxy) is 1. The van der Waals surface area contributed by atoms with Gasteiger partial charge in [0.15, 0.2) is 0 Å². The average molecular weight is 214 g/mol. The summed E-state index contributed by atoms with van der Waals surface area (Å²) in [6.45, 7) is 0.355. The van der Waals surface area contributed by atoms with Crippen molar-refractivity contribution >= 4 is 5.97 Å². The number of rotatable bonds is 3. The molecule has 1 aromatic carbocycles. The van der Waals surface area contributed by atoms with Crippen molar-refractivity contribution in [1.82, 2.24) is 0 Å². The van der Waals surface area contributed by atoms with E-state index in [4.69, 9.17) is 4.74 Å². The Kier molecular flexibility index (Phi) is 3.54. The Bertz CT molecular complexity index is 404. The second-order valence-corrected chi connectivity index (χ2v) is 3.75. The second-order valence-electron chi connectivity index (χ2n) is 3.75. The summed E-state index contributed by atoms with van der Waals surface area (Å²) in [4.78, 5) is 11.7. The topological polar surface area (TPSA) is 26.3 Å². The molecule has 1 aliphatic carbocycles. The lowest BCUT2D eigenvalue weighted by molar-refractivity contribution is -0.148. The Morgan fingerprint density at radius 3 is 2.75 bits per heavy atom. The standard InChI is InChI=1S/C14H14O2/c15-14(13-9-5-2-6-10-13)16-11-12-7-3-1-4-8-12/h1-9,13H,10-11H2. The molecule has 0 saturated carbocycles. The molecule has 0 amide bonds. The van der Waals surface area contributed by atoms with E-state index in [2.05, 4.69) is 0 Å². The minimum atomic E-state index is -0.149. The Morgan fingerprint density at radius 2 is 2.06 bits per heavy atom. The summed E-state index contributed by atoms with van der Waals surface area (Å²) in [5, 5.41) is 0. The Morgan fingerprint density at radius 1 is 1.25 bits per heavy atom. The summed E-state index contributed by atoms with van der Waals surface area (Å²) < 4.78 is 5.24. The monoisotopic (exact) mass is 214 g/mol. The molecule has 2 nitrogen and oxygen atoms in total. The van der Waals surface area contributed by atoms with Crippen LogP contribution in [0.5, 0.6) is 0 Å². The quantitative estimate of drug-likeness (QED) is 0.723. The van der Waals surface area contributed by atoms with Crippen molar-refractivity contribution in [2.24, 2.45) is 5.92 Å². The van der Waals surface area contributed by atoms with Crippen LogP contribution < -0.4 is 0 Å². The fourth-order valence-corrected chi connectivity index (χ4v) is 1.59. The zero-order valence-electron chi connectivity index (χ0n) is 9.00. The van der Waals surface area contributed by atoms with Gasteiger partial charge in [0.2, 0.25) is 0 Å². The van der Waals surface area contributed by atoms with Crippen LogP contribution in [0.2, 0.25) is 0 Å². The lowest BCUT2D eigenvalue weighted by atomic mass is 10.0. The predicted octanol–water partition coefficient (Wildman–Crippen LogP) is 2.86. The van der Waals surface area contributed by atoms with Crippen molar-refractivity contribution in [3.8, 4) is 0 Å². The van der Waals surface area contributed by atoms with Crippen LogP contribution in [0.3, 0.4) is 0 Å². The normalized spacial score (nSPS) is 18.4. The van der Waals surface area contributed by atoms with Gasteiger partial charge in [0, 0.05) is 0 Å². The zero-order valence-corrected chi connectivity index (χ0v) is 9.00. The third kappa shape index (κ3) is 2.83. The van der Waals surface area contributed by atoms with Gasteiger partial charge in [0.25, 0.3) is 0 Å². The van der Waals surface area contributed by atoms with E-state index in [1.54, 1.807) is 0 Å². The van der Waals surface area contributed by atoms with E-state index in [1.807, 2.05) is 54.6 Å². The summed E-state index contributed by atoms with van der Waals surface area (Å²) in [5.74, 6) is -0.266. The molecule has 0 fully saturated rings. The Hall–Kier alpha value is -1.83. The highest BCUT2D eigenvalue weighted by atomic mass is 16.5. The molecule has 0 aromatic heterocycles. The van der Waals surface area contributed by atoms with Crippen LogP contribution >= 0.6 is 0 Å². The zero-order chi connectivity index (χ0) is 11.2. The van der Waals surface area contributed by atoms with Crippen molar-refractivity contribution in [2.45, 2.75) is 13.0 Å². The maximum Gasteiger partial charge on any atom is 0.313 e. The molecule has 1 aromatic rings. The van der Waals surface area contributed by atoms with Gasteiger partial charge in [-0.15, -0.1) is 0 Å². The lowest BCUT2D eigenvalue weighted by Crippen LogP contribution is -2.16. The maximum absolute atomic E-state index is 11.7. The van der Waals surface area contributed by atoms with Gasteiger partial charge in [-0.3, -0.25) is 4.79 Å². The molecule has 0 spiro atoms. The Balaban J connectivity index is 1.84. The molecule has 1 atom stereocenters. The van der Waals surface area contributed by atoms with Gasteiger partial charge in [-0.2, -0.15) is 0 Å². The van der Waals surface area contributed by atoms with Crippen molar-refractivity contribution in [2.75, 3.05) is 0 Å². The number of carbonyl (C=O) groups is 1. The fraction of sp³-hybridized carbons (Fsp3) is 0.214. The van der Waals surface area contributed by atoms with E-state index in [1.165, 1.54) is 0 Å². The van der Waals surface area contributed by atoms with Crippen LogP contribution in [0.15, 0.2) is 54.6 Å². The molecule has 0 bridgehead atoms. The summed E-state index contributed by atoms with van der Waals surface area (Å²) in [6, 6.07) is 9.71. The van der Waals surface area contributed by atoms with E-state index in [9.17, 15) is 4.79 Å². The van der Waals surface area contributed by atoms with E-state index < -0.39 is 0 Å². The summed E-state index contributed by atoms with van der Waals surface area (Å²) >= 11 is 0. The summed E-state index contributed by atoms with van der Waals surface area (Å²) in [7, 11) is 0. The number of benzene rings is 1. The molecule has 0 heterocycles. The minimum absolute atomic E-state index is 0.117. The highest BCUT2D eigenvalue weighted by Crippen LogP contribution is 2.14. The third-order valence-electron chi connectivity index (χ3n) is 2.51. The molecule has 0 radical (unpaired) electrons. The fourth-order valence-electron chi connectivity index (χ4n) is 1.59. The first kappa shape index (κ1) is 10.7. The maximum atomic E-state index is 11.7. The van der Waals surface area contributed by atoms with Gasteiger partial charge in [-0.1, -0.05) is 54.6 Å². The molecule has 2 rings (SSSR count). The minimum Gasteiger partial charge on any atom is -0.460 e.